The molecule has 2 heterocycles. The van der Waals surface area contributed by atoms with Gasteiger partial charge in [-0.2, -0.15) is 0 Å². The highest BCUT2D eigenvalue weighted by molar-refractivity contribution is 9.09. The summed E-state index contributed by atoms with van der Waals surface area (Å²) in [6, 6.07) is 9.88. The van der Waals surface area contributed by atoms with E-state index >= 15 is 0 Å². The minimum Gasteiger partial charge on any atom is -0.508 e. The number of allylic oxidation sites excluding steroid dienone is 1. The molecule has 2 aliphatic rings. The molecule has 0 aliphatic carbocycles. The third kappa shape index (κ3) is 15.2. The van der Waals surface area contributed by atoms with Gasteiger partial charge in [-0.25, -0.2) is 8.78 Å². The number of carbonyl (C=O) groups excluding carboxylic acids is 4. The van der Waals surface area contributed by atoms with Gasteiger partial charge in [-0.3, -0.25) is 19.2 Å². The lowest BCUT2D eigenvalue weighted by Gasteiger charge is -2.19. The van der Waals surface area contributed by atoms with Crippen LogP contribution in [0, 0.1) is 0 Å². The van der Waals surface area contributed by atoms with Crippen molar-refractivity contribution in [3.8, 4) is 11.5 Å². The molecule has 2 aliphatic heterocycles. The number of nitrogens with one attached hydrogen (secondary N) is 2. The summed E-state index contributed by atoms with van der Waals surface area (Å²) in [6.45, 7) is 11.8. The molecule has 0 fully saturated rings. The Morgan fingerprint density at radius 2 is 1.24 bits per heavy atom. The number of benzene rings is 2. The van der Waals surface area contributed by atoms with Crippen molar-refractivity contribution in [2.75, 3.05) is 11.9 Å². The van der Waals surface area contributed by atoms with Crippen LogP contribution in [0.5, 0.6) is 11.5 Å². The van der Waals surface area contributed by atoms with Crippen molar-refractivity contribution in [2.45, 2.75) is 91.5 Å². The summed E-state index contributed by atoms with van der Waals surface area (Å²) in [5.41, 5.74) is 2.95. The number of ether oxygens (including phenoxy) is 3. The molecule has 0 saturated heterocycles. The van der Waals surface area contributed by atoms with E-state index in [1.165, 1.54) is 6.07 Å². The van der Waals surface area contributed by atoms with Gasteiger partial charge < -0.3 is 30.0 Å². The Balaban J connectivity index is 0.000000281. The van der Waals surface area contributed by atoms with E-state index in [0.29, 0.717) is 65.5 Å². The molecule has 49 heavy (non-hydrogen) atoms. The van der Waals surface area contributed by atoms with Crippen molar-refractivity contribution in [2.24, 2.45) is 0 Å². The summed E-state index contributed by atoms with van der Waals surface area (Å²) in [7, 11) is 0. The van der Waals surface area contributed by atoms with Crippen LogP contribution in [0.25, 0.3) is 0 Å². The van der Waals surface area contributed by atoms with Gasteiger partial charge in [-0.1, -0.05) is 15.9 Å². The lowest BCUT2D eigenvalue weighted by Crippen LogP contribution is -2.23. The number of hydrogen-bond acceptors (Lipinski definition) is 8. The average Bonchev–Trinajstić information content (AvgIpc) is 3.57. The molecule has 0 radical (unpaired) electrons. The summed E-state index contributed by atoms with van der Waals surface area (Å²) in [6.07, 6.45) is 1.94. The molecule has 2 aromatic rings. The standard InChI is InChI=1S/C18H22FNO4.C10H16BrFO2.C8H7NO2/c1-18(2,3)24-16(21)7-4-12(9-19)11-23-14-5-6-15-13(8-14)10-20-17(15)22;1-10(2,3)14-9(13)5-4-8(6-11)7-12;10-6-1-2-7-5(3-6)4-9-8(7)11/h5-6,8-9H,4,7,10-11H2,1-3H3,(H,20,22);7H,4-6H2,1-3H3;1-3,10H,4H2,(H,9,11)/b12-9-;8-7-;. The molecular formula is C36H45BrF2N2O8. The van der Waals surface area contributed by atoms with Gasteiger partial charge in [0.1, 0.15) is 29.3 Å². The van der Waals surface area contributed by atoms with E-state index in [4.69, 9.17) is 19.3 Å². The first-order valence-electron chi connectivity index (χ1n) is 15.6. The Labute approximate surface area is 294 Å². The fraction of sp³-hybridized carbons (Fsp3) is 0.444. The first-order valence-corrected chi connectivity index (χ1v) is 16.8. The highest BCUT2D eigenvalue weighted by Gasteiger charge is 2.20. The van der Waals surface area contributed by atoms with Crippen LogP contribution in [0.4, 0.5) is 8.78 Å². The van der Waals surface area contributed by atoms with Crippen molar-refractivity contribution >= 4 is 39.7 Å². The lowest BCUT2D eigenvalue weighted by molar-refractivity contribution is -0.155. The maximum absolute atomic E-state index is 13.0. The van der Waals surface area contributed by atoms with E-state index in [1.807, 2.05) is 0 Å². The third-order valence-electron chi connectivity index (χ3n) is 6.58. The van der Waals surface area contributed by atoms with Crippen molar-refractivity contribution < 1.29 is 47.3 Å². The Bertz CT molecular complexity index is 1540. The van der Waals surface area contributed by atoms with Crippen molar-refractivity contribution in [1.82, 2.24) is 10.6 Å². The maximum Gasteiger partial charge on any atom is 0.306 e. The molecule has 0 aromatic heterocycles. The van der Waals surface area contributed by atoms with Crippen LogP contribution >= 0.6 is 15.9 Å². The number of rotatable bonds is 10. The van der Waals surface area contributed by atoms with Gasteiger partial charge in [0.25, 0.3) is 11.8 Å². The second kappa shape index (κ2) is 19.1. The van der Waals surface area contributed by atoms with Crippen LogP contribution in [0.2, 0.25) is 0 Å². The maximum atomic E-state index is 13.0. The van der Waals surface area contributed by atoms with Crippen LogP contribution < -0.4 is 15.4 Å². The van der Waals surface area contributed by atoms with Gasteiger partial charge in [0.2, 0.25) is 0 Å². The molecule has 4 rings (SSSR count). The highest BCUT2D eigenvalue weighted by Crippen LogP contribution is 2.23. The largest absolute Gasteiger partial charge is 0.508 e. The van der Waals surface area contributed by atoms with Gasteiger partial charge in [0, 0.05) is 42.4 Å². The molecule has 0 atom stereocenters. The number of esters is 2. The molecule has 2 amide bonds. The number of hydrogen-bond donors (Lipinski definition) is 3. The number of halogens is 3. The third-order valence-corrected chi connectivity index (χ3v) is 7.30. The number of carbonyl (C=O) groups is 4. The van der Waals surface area contributed by atoms with Crippen LogP contribution in [0.3, 0.4) is 0 Å². The van der Waals surface area contributed by atoms with Gasteiger partial charge >= 0.3 is 11.9 Å². The first kappa shape index (κ1) is 40.9. The highest BCUT2D eigenvalue weighted by atomic mass is 79.9. The minimum atomic E-state index is -0.553. The van der Waals surface area contributed by atoms with Crippen LogP contribution in [0.1, 0.15) is 99.1 Å². The van der Waals surface area contributed by atoms with Crippen LogP contribution in [0.15, 0.2) is 60.2 Å². The van der Waals surface area contributed by atoms with E-state index in [0.717, 1.165) is 11.1 Å². The number of aromatic hydroxyl groups is 1. The molecule has 0 spiro atoms. The molecule has 0 unspecified atom stereocenters. The average molecular weight is 752 g/mol. The van der Waals surface area contributed by atoms with E-state index in [2.05, 4.69) is 26.6 Å². The van der Waals surface area contributed by atoms with Gasteiger partial charge in [0.05, 0.1) is 12.7 Å². The van der Waals surface area contributed by atoms with E-state index in [9.17, 15) is 28.0 Å². The van der Waals surface area contributed by atoms with Gasteiger partial charge in [-0.15, -0.1) is 0 Å². The monoisotopic (exact) mass is 750 g/mol. The predicted molar refractivity (Wildman–Crippen MR) is 185 cm³/mol. The molecule has 2 aromatic carbocycles. The number of phenols is 1. The zero-order chi connectivity index (χ0) is 36.8. The lowest BCUT2D eigenvalue weighted by atomic mass is 10.1. The summed E-state index contributed by atoms with van der Waals surface area (Å²) < 4.78 is 40.9. The van der Waals surface area contributed by atoms with E-state index in [1.54, 1.807) is 71.9 Å². The molecule has 0 saturated carbocycles. The number of fused-ring (bicyclic) bond motifs is 2. The summed E-state index contributed by atoms with van der Waals surface area (Å²) >= 11 is 3.13. The number of amides is 2. The quantitative estimate of drug-likeness (QED) is 0.170. The Morgan fingerprint density at radius 1 is 0.776 bits per heavy atom. The fourth-order valence-electron chi connectivity index (χ4n) is 4.31. The Kier molecular flexibility index (Phi) is 15.9. The van der Waals surface area contributed by atoms with Crippen molar-refractivity contribution in [3.05, 3.63) is 82.5 Å². The van der Waals surface area contributed by atoms with Gasteiger partial charge in [-0.05, 0) is 113 Å². The molecular weight excluding hydrogens is 706 g/mol. The zero-order valence-corrected chi connectivity index (χ0v) is 30.3. The molecule has 3 N–H and O–H groups in total. The topological polar surface area (TPSA) is 140 Å². The second-order valence-electron chi connectivity index (χ2n) is 13.2. The second-order valence-corrected chi connectivity index (χ2v) is 13.7. The summed E-state index contributed by atoms with van der Waals surface area (Å²) in [5.74, 6) is -0.0536. The molecule has 268 valence electrons. The Morgan fingerprint density at radius 3 is 1.71 bits per heavy atom. The first-order chi connectivity index (χ1) is 22.9. The van der Waals surface area contributed by atoms with E-state index in [-0.39, 0.29) is 55.4 Å². The normalized spacial score (nSPS) is 13.8. The Hall–Kier alpha value is -4.26. The molecule has 10 nitrogen and oxygen atoms in total. The van der Waals surface area contributed by atoms with Crippen molar-refractivity contribution in [3.63, 3.8) is 0 Å². The van der Waals surface area contributed by atoms with Crippen molar-refractivity contribution in [1.29, 1.82) is 0 Å². The summed E-state index contributed by atoms with van der Waals surface area (Å²) in [4.78, 5) is 45.3. The molecule has 0 bridgehead atoms. The minimum absolute atomic E-state index is 0.0411. The fourth-order valence-corrected chi connectivity index (χ4v) is 4.71. The zero-order valence-electron chi connectivity index (χ0n) is 28.7. The number of alkyl halides is 1. The van der Waals surface area contributed by atoms with Crippen LogP contribution in [-0.4, -0.2) is 52.0 Å². The smallest absolute Gasteiger partial charge is 0.306 e. The van der Waals surface area contributed by atoms with E-state index < -0.39 is 11.2 Å². The molecule has 13 heteroatoms. The van der Waals surface area contributed by atoms with Crippen LogP contribution in [-0.2, 0) is 32.2 Å². The summed E-state index contributed by atoms with van der Waals surface area (Å²) in [5, 5.41) is 14.9. The predicted octanol–water partition coefficient (Wildman–Crippen LogP) is 7.28. The number of phenolic OH excluding ortho intramolecular Hbond substituents is 1. The SMILES string of the molecule is CC(C)(C)OC(=O)CC/C(=C/F)CBr.CC(C)(C)OC(=O)CC/C(=C/F)COc1ccc2c(c1)CNC2=O.O=C1NCc2cc(O)ccc21. The van der Waals surface area contributed by atoms with Gasteiger partial charge in [0.15, 0.2) is 0 Å².